The molecule has 0 aliphatic carbocycles. The maximum Gasteiger partial charge on any atom is 0.340 e. The van der Waals surface area contributed by atoms with E-state index in [4.69, 9.17) is 9.15 Å². The minimum Gasteiger partial charge on any atom is -0.431 e. The van der Waals surface area contributed by atoms with E-state index in [1.807, 2.05) is 24.4 Å². The fourth-order valence-electron chi connectivity index (χ4n) is 3.16. The van der Waals surface area contributed by atoms with Crippen molar-refractivity contribution in [1.29, 1.82) is 0 Å². The van der Waals surface area contributed by atoms with Gasteiger partial charge in [0.15, 0.2) is 0 Å². The van der Waals surface area contributed by atoms with Crippen LogP contribution in [0.15, 0.2) is 63.3 Å². The van der Waals surface area contributed by atoms with E-state index in [9.17, 15) is 13.2 Å². The van der Waals surface area contributed by atoms with Gasteiger partial charge in [-0.05, 0) is 42.3 Å². The number of aryl methyl sites for hydroxylation is 1. The maximum absolute atomic E-state index is 12.7. The van der Waals surface area contributed by atoms with Crippen molar-refractivity contribution < 1.29 is 17.6 Å². The Morgan fingerprint density at radius 2 is 2.03 bits per heavy atom. The predicted molar refractivity (Wildman–Crippen MR) is 120 cm³/mol. The van der Waals surface area contributed by atoms with E-state index in [0.29, 0.717) is 34.2 Å². The zero-order valence-electron chi connectivity index (χ0n) is 16.7. The molecule has 0 aliphatic heterocycles. The fraction of sp³-hybridized carbons (Fsp3) is 0.143. The summed E-state index contributed by atoms with van der Waals surface area (Å²) in [5, 5.41) is 3.11. The van der Waals surface area contributed by atoms with Crippen LogP contribution in [0.4, 0.5) is 5.69 Å². The minimum absolute atomic E-state index is 0.302. The molecule has 0 bridgehead atoms. The quantitative estimate of drug-likeness (QED) is 0.408. The monoisotopic (exact) mass is 457 g/mol. The Bertz CT molecular complexity index is 1400. The first-order chi connectivity index (χ1) is 14.8. The molecule has 8 nitrogen and oxygen atoms in total. The van der Waals surface area contributed by atoms with E-state index in [0.717, 1.165) is 16.5 Å². The summed E-state index contributed by atoms with van der Waals surface area (Å²) in [4.78, 5) is 16.8. The summed E-state index contributed by atoms with van der Waals surface area (Å²) in [5.74, 6) is 0.530. The van der Waals surface area contributed by atoms with Crippen LogP contribution >= 0.6 is 11.3 Å². The van der Waals surface area contributed by atoms with Gasteiger partial charge in [-0.2, -0.15) is 8.42 Å². The third-order valence-electron chi connectivity index (χ3n) is 4.70. The van der Waals surface area contributed by atoms with Crippen LogP contribution < -0.4 is 19.8 Å². The molecule has 2 N–H and O–H groups in total. The van der Waals surface area contributed by atoms with Crippen molar-refractivity contribution in [2.45, 2.75) is 13.3 Å². The Morgan fingerprint density at radius 3 is 2.77 bits per heavy atom. The van der Waals surface area contributed by atoms with E-state index in [1.165, 1.54) is 18.4 Å². The first-order valence-electron chi connectivity index (χ1n) is 9.28. The number of nitrogens with zero attached hydrogens (tertiary/aromatic N) is 1. The summed E-state index contributed by atoms with van der Waals surface area (Å²) >= 11 is 1.37. The highest BCUT2D eigenvalue weighted by molar-refractivity contribution is 7.90. The van der Waals surface area contributed by atoms with Crippen LogP contribution in [-0.2, 0) is 16.6 Å². The first-order valence-corrected chi connectivity index (χ1v) is 11.6. The molecule has 4 aromatic rings. The van der Waals surface area contributed by atoms with Crippen LogP contribution in [0.25, 0.3) is 11.0 Å². The number of benzene rings is 2. The molecule has 0 amide bonds. The second kappa shape index (κ2) is 8.50. The summed E-state index contributed by atoms with van der Waals surface area (Å²) in [7, 11) is -2.30. The zero-order chi connectivity index (χ0) is 22.0. The normalized spacial score (nSPS) is 11.5. The van der Waals surface area contributed by atoms with Crippen LogP contribution in [0.2, 0.25) is 0 Å². The Morgan fingerprint density at radius 1 is 1.19 bits per heavy atom. The molecular formula is C21H19N3O5S2. The van der Waals surface area contributed by atoms with Gasteiger partial charge in [-0.3, -0.25) is 4.72 Å². The van der Waals surface area contributed by atoms with Gasteiger partial charge < -0.3 is 9.15 Å². The van der Waals surface area contributed by atoms with Gasteiger partial charge in [-0.15, -0.1) is 0 Å². The van der Waals surface area contributed by atoms with E-state index in [-0.39, 0.29) is 0 Å². The van der Waals surface area contributed by atoms with Crippen molar-refractivity contribution in [3.8, 4) is 10.9 Å². The van der Waals surface area contributed by atoms with E-state index >= 15 is 0 Å². The topological polar surface area (TPSA) is 111 Å². The molecule has 160 valence electrons. The van der Waals surface area contributed by atoms with E-state index < -0.39 is 15.8 Å². The van der Waals surface area contributed by atoms with Crippen LogP contribution in [0.3, 0.4) is 0 Å². The third-order valence-corrected chi connectivity index (χ3v) is 6.39. The summed E-state index contributed by atoms with van der Waals surface area (Å²) in [6.45, 7) is 1.86. The number of anilines is 1. The number of nitrogens with one attached hydrogen (secondary N) is 2. The Kier molecular flexibility index (Phi) is 5.77. The van der Waals surface area contributed by atoms with Gasteiger partial charge in [-0.1, -0.05) is 23.5 Å². The molecule has 10 heteroatoms. The van der Waals surface area contributed by atoms with Crippen molar-refractivity contribution in [2.24, 2.45) is 0 Å². The number of rotatable bonds is 7. The standard InChI is InChI=1S/C21H19N3O5S2/c1-13-17-7-6-16(28-21-23-8-9-30-21)12-19(17)29-20(25)18(13)11-14-4-3-5-15(10-14)24-31(26,27)22-2/h3-10,12,22,24H,11H2,1-2H3. The smallest absolute Gasteiger partial charge is 0.340 e. The lowest BCUT2D eigenvalue weighted by molar-refractivity contribution is 0.476. The molecule has 4 rings (SSSR count). The lowest BCUT2D eigenvalue weighted by Crippen LogP contribution is -2.26. The minimum atomic E-state index is -3.63. The molecule has 0 atom stereocenters. The average Bonchev–Trinajstić information content (AvgIpc) is 3.24. The predicted octanol–water partition coefficient (Wildman–Crippen LogP) is 3.82. The number of hydrogen-bond acceptors (Lipinski definition) is 7. The molecule has 0 saturated carbocycles. The summed E-state index contributed by atoms with van der Waals surface area (Å²) < 4.78 is 39.3. The van der Waals surface area contributed by atoms with Crippen LogP contribution in [0, 0.1) is 6.92 Å². The molecule has 2 aromatic heterocycles. The Hall–Kier alpha value is -3.21. The van der Waals surface area contributed by atoms with Crippen molar-refractivity contribution in [3.05, 3.63) is 81.2 Å². The number of fused-ring (bicyclic) bond motifs is 1. The number of ether oxygens (including phenoxy) is 1. The molecule has 2 aromatic carbocycles. The van der Waals surface area contributed by atoms with Gasteiger partial charge in [0.2, 0.25) is 0 Å². The number of thiazole rings is 1. The highest BCUT2D eigenvalue weighted by Gasteiger charge is 2.14. The van der Waals surface area contributed by atoms with Crippen molar-refractivity contribution in [3.63, 3.8) is 0 Å². The molecule has 0 saturated heterocycles. The third kappa shape index (κ3) is 4.76. The fourth-order valence-corrected chi connectivity index (χ4v) is 4.20. The Balaban J connectivity index is 1.65. The highest BCUT2D eigenvalue weighted by Crippen LogP contribution is 2.29. The number of aromatic nitrogens is 1. The van der Waals surface area contributed by atoms with E-state index in [1.54, 1.807) is 36.5 Å². The van der Waals surface area contributed by atoms with Gasteiger partial charge >= 0.3 is 5.63 Å². The molecule has 0 fully saturated rings. The summed E-state index contributed by atoms with van der Waals surface area (Å²) in [6.07, 6.45) is 1.95. The second-order valence-electron chi connectivity index (χ2n) is 6.74. The molecule has 2 heterocycles. The van der Waals surface area contributed by atoms with Crippen LogP contribution in [0.1, 0.15) is 16.7 Å². The van der Waals surface area contributed by atoms with Gasteiger partial charge in [0.25, 0.3) is 15.4 Å². The molecule has 0 unspecified atom stereocenters. The van der Waals surface area contributed by atoms with Gasteiger partial charge in [0.05, 0.1) is 5.69 Å². The molecule has 0 spiro atoms. The zero-order valence-corrected chi connectivity index (χ0v) is 18.3. The first kappa shape index (κ1) is 21.0. The van der Waals surface area contributed by atoms with Crippen LogP contribution in [0.5, 0.6) is 10.9 Å². The summed E-state index contributed by atoms with van der Waals surface area (Å²) in [6, 6.07) is 12.2. The van der Waals surface area contributed by atoms with Crippen molar-refractivity contribution in [2.75, 3.05) is 11.8 Å². The maximum atomic E-state index is 12.7. The largest absolute Gasteiger partial charge is 0.431 e. The van der Waals surface area contributed by atoms with E-state index in [2.05, 4.69) is 14.4 Å². The highest BCUT2D eigenvalue weighted by atomic mass is 32.2. The molecule has 0 radical (unpaired) electrons. The van der Waals surface area contributed by atoms with Crippen LogP contribution in [-0.4, -0.2) is 20.4 Å². The molecule has 31 heavy (non-hydrogen) atoms. The average molecular weight is 458 g/mol. The lowest BCUT2D eigenvalue weighted by atomic mass is 9.99. The molecular weight excluding hydrogens is 438 g/mol. The second-order valence-corrected chi connectivity index (χ2v) is 9.21. The van der Waals surface area contributed by atoms with Crippen molar-refractivity contribution in [1.82, 2.24) is 9.71 Å². The summed E-state index contributed by atoms with van der Waals surface area (Å²) in [5.41, 5.74) is 2.46. The van der Waals surface area contributed by atoms with Gasteiger partial charge in [0.1, 0.15) is 11.3 Å². The molecule has 0 aliphatic rings. The SMILES string of the molecule is CNS(=O)(=O)Nc1cccc(Cc2c(C)c3ccc(Oc4nccs4)cc3oc2=O)c1. The lowest BCUT2D eigenvalue weighted by Gasteiger charge is -2.11. The van der Waals surface area contributed by atoms with Gasteiger partial charge in [-0.25, -0.2) is 14.5 Å². The van der Waals surface area contributed by atoms with Gasteiger partial charge in [0, 0.05) is 42.1 Å². The number of hydrogen-bond donors (Lipinski definition) is 2. The van der Waals surface area contributed by atoms with Crippen molar-refractivity contribution >= 4 is 38.2 Å². The Labute approximate surface area is 182 Å².